The zero-order valence-electron chi connectivity index (χ0n) is 14.5. The summed E-state index contributed by atoms with van der Waals surface area (Å²) in [5.74, 6) is 2.24. The molecule has 2 aromatic rings. The highest BCUT2D eigenvalue weighted by atomic mass is 35.5. The molecule has 1 atom stereocenters. The molecule has 0 aromatic carbocycles. The maximum absolute atomic E-state index is 12.5. The molecule has 1 saturated heterocycles. The van der Waals surface area contributed by atoms with Gasteiger partial charge in [-0.2, -0.15) is 0 Å². The van der Waals surface area contributed by atoms with Gasteiger partial charge in [-0.05, 0) is 18.4 Å². The van der Waals surface area contributed by atoms with E-state index in [0.717, 1.165) is 31.8 Å². The lowest BCUT2D eigenvalue weighted by molar-refractivity contribution is 0.0302. The van der Waals surface area contributed by atoms with E-state index in [2.05, 4.69) is 19.9 Å². The Morgan fingerprint density at radius 3 is 3.00 bits per heavy atom. The highest BCUT2D eigenvalue weighted by Crippen LogP contribution is 2.24. The van der Waals surface area contributed by atoms with Gasteiger partial charge in [0, 0.05) is 51.2 Å². The molecular weight excluding hydrogens is 354 g/mol. The molecule has 0 aliphatic carbocycles. The predicted molar refractivity (Wildman–Crippen MR) is 98.5 cm³/mol. The van der Waals surface area contributed by atoms with E-state index in [9.17, 15) is 4.79 Å². The summed E-state index contributed by atoms with van der Waals surface area (Å²) < 4.78 is 7.49. The molecule has 0 spiro atoms. The van der Waals surface area contributed by atoms with Gasteiger partial charge in [0.15, 0.2) is 0 Å². The number of pyridine rings is 1. The minimum atomic E-state index is -0.0471. The van der Waals surface area contributed by atoms with Crippen LogP contribution in [0.3, 0.4) is 0 Å². The van der Waals surface area contributed by atoms with Crippen molar-refractivity contribution in [3.8, 4) is 0 Å². The van der Waals surface area contributed by atoms with E-state index in [1.807, 2.05) is 12.4 Å². The third kappa shape index (κ3) is 3.68. The molecule has 1 amide bonds. The van der Waals surface area contributed by atoms with Crippen molar-refractivity contribution >= 4 is 23.3 Å². The molecule has 2 aromatic heterocycles. The Bertz CT molecular complexity index is 788. The molecule has 0 saturated carbocycles. The number of ether oxygens (including phenoxy) is 1. The summed E-state index contributed by atoms with van der Waals surface area (Å²) >= 11 is 6.36. The Kier molecular flexibility index (Phi) is 5.08. The molecule has 2 aliphatic heterocycles. The van der Waals surface area contributed by atoms with E-state index in [4.69, 9.17) is 16.3 Å². The van der Waals surface area contributed by atoms with Crippen LogP contribution in [0.5, 0.6) is 0 Å². The van der Waals surface area contributed by atoms with Crippen LogP contribution in [0.4, 0.5) is 5.82 Å². The number of nitrogens with zero attached hydrogens (tertiary/aromatic N) is 4. The quantitative estimate of drug-likeness (QED) is 0.885. The number of rotatable bonds is 4. The lowest BCUT2D eigenvalue weighted by Crippen LogP contribution is -2.40. The molecule has 2 aliphatic rings. The maximum atomic E-state index is 12.5. The van der Waals surface area contributed by atoms with E-state index in [-0.39, 0.29) is 5.91 Å². The number of hydrogen-bond donors (Lipinski definition) is 1. The number of aromatic nitrogens is 3. The molecule has 1 fully saturated rings. The zero-order chi connectivity index (χ0) is 17.9. The Balaban J connectivity index is 1.36. The fraction of sp³-hybridized carbons (Fsp3) is 0.500. The first-order chi connectivity index (χ1) is 12.7. The Labute approximate surface area is 157 Å². The molecule has 26 heavy (non-hydrogen) atoms. The summed E-state index contributed by atoms with van der Waals surface area (Å²) in [4.78, 5) is 23.0. The van der Waals surface area contributed by atoms with Crippen LogP contribution < -0.4 is 5.32 Å². The fourth-order valence-corrected chi connectivity index (χ4v) is 3.71. The monoisotopic (exact) mass is 375 g/mol. The molecule has 0 bridgehead atoms. The lowest BCUT2D eigenvalue weighted by Gasteiger charge is -2.27. The molecule has 7 nitrogen and oxygen atoms in total. The number of carbonyl (C=O) groups is 1. The number of amides is 1. The Hall–Kier alpha value is -2.12. The van der Waals surface area contributed by atoms with Gasteiger partial charge in [0.05, 0.1) is 23.8 Å². The van der Waals surface area contributed by atoms with Crippen LogP contribution in [-0.2, 0) is 17.7 Å². The summed E-state index contributed by atoms with van der Waals surface area (Å²) in [6.07, 6.45) is 7.57. The lowest BCUT2D eigenvalue weighted by atomic mass is 9.99. The average molecular weight is 376 g/mol. The molecule has 4 heterocycles. The second kappa shape index (κ2) is 7.63. The molecule has 1 N–H and O–H groups in total. The second-order valence-corrected chi connectivity index (χ2v) is 7.15. The average Bonchev–Trinajstić information content (AvgIpc) is 3.15. The number of carbonyl (C=O) groups excluding carboxylic acids is 1. The van der Waals surface area contributed by atoms with Gasteiger partial charge in [0.1, 0.15) is 11.6 Å². The maximum Gasteiger partial charge on any atom is 0.255 e. The normalized spacial score (nSPS) is 19.9. The zero-order valence-corrected chi connectivity index (χ0v) is 15.3. The Morgan fingerprint density at radius 1 is 1.35 bits per heavy atom. The number of nitrogens with one attached hydrogen (secondary N) is 1. The third-order valence-corrected chi connectivity index (χ3v) is 5.27. The number of imidazole rings is 1. The van der Waals surface area contributed by atoms with Crippen molar-refractivity contribution < 1.29 is 9.53 Å². The topological polar surface area (TPSA) is 72.3 Å². The van der Waals surface area contributed by atoms with E-state index < -0.39 is 0 Å². The van der Waals surface area contributed by atoms with Crippen LogP contribution in [0.1, 0.15) is 22.6 Å². The number of anilines is 1. The largest absolute Gasteiger partial charge is 0.378 e. The summed E-state index contributed by atoms with van der Waals surface area (Å²) in [5.41, 5.74) is 0.517. The van der Waals surface area contributed by atoms with Gasteiger partial charge in [-0.1, -0.05) is 11.6 Å². The smallest absolute Gasteiger partial charge is 0.255 e. The molecule has 4 rings (SSSR count). The summed E-state index contributed by atoms with van der Waals surface area (Å²) in [6.45, 7) is 4.11. The number of morpholine rings is 1. The summed E-state index contributed by atoms with van der Waals surface area (Å²) in [7, 11) is 0. The summed E-state index contributed by atoms with van der Waals surface area (Å²) in [6, 6.07) is 1.70. The molecule has 0 unspecified atom stereocenters. The van der Waals surface area contributed by atoms with Crippen LogP contribution in [0.15, 0.2) is 24.7 Å². The molecular formula is C18H22ClN5O2. The van der Waals surface area contributed by atoms with Crippen LogP contribution in [0.2, 0.25) is 5.02 Å². The Morgan fingerprint density at radius 2 is 2.19 bits per heavy atom. The minimum absolute atomic E-state index is 0.0471. The summed E-state index contributed by atoms with van der Waals surface area (Å²) in [5, 5.41) is 3.80. The van der Waals surface area contributed by atoms with Crippen molar-refractivity contribution in [1.82, 2.24) is 19.4 Å². The van der Waals surface area contributed by atoms with Crippen molar-refractivity contribution in [3.63, 3.8) is 0 Å². The molecule has 8 heteroatoms. The molecule has 0 radical (unpaired) electrons. The fourth-order valence-electron chi connectivity index (χ4n) is 3.48. The van der Waals surface area contributed by atoms with Crippen LogP contribution in [0, 0.1) is 5.92 Å². The minimum Gasteiger partial charge on any atom is -0.378 e. The highest BCUT2D eigenvalue weighted by Gasteiger charge is 2.21. The van der Waals surface area contributed by atoms with Gasteiger partial charge in [-0.15, -0.1) is 0 Å². The number of aryl methyl sites for hydroxylation is 1. The third-order valence-electron chi connectivity index (χ3n) is 4.98. The van der Waals surface area contributed by atoms with Crippen LogP contribution in [0.25, 0.3) is 0 Å². The van der Waals surface area contributed by atoms with Crippen molar-refractivity contribution in [2.24, 2.45) is 5.92 Å². The number of halogens is 1. The van der Waals surface area contributed by atoms with Gasteiger partial charge >= 0.3 is 0 Å². The standard InChI is InChI=1S/C18H22ClN5O2/c19-15-9-14(18(25)23-5-7-26-8-6-23)11-22-17(15)21-10-13-1-2-16-20-3-4-24(16)12-13/h3-4,9,11,13H,1-2,5-8,10,12H2,(H,21,22)/t13-/m0/s1. The second-order valence-electron chi connectivity index (χ2n) is 6.74. The van der Waals surface area contributed by atoms with Crippen molar-refractivity contribution in [3.05, 3.63) is 41.1 Å². The van der Waals surface area contributed by atoms with Crippen LogP contribution >= 0.6 is 11.6 Å². The number of fused-ring (bicyclic) bond motifs is 1. The van der Waals surface area contributed by atoms with Gasteiger partial charge in [-0.25, -0.2) is 9.97 Å². The van der Waals surface area contributed by atoms with E-state index >= 15 is 0 Å². The predicted octanol–water partition coefficient (Wildman–Crippen LogP) is 2.08. The number of hydrogen-bond acceptors (Lipinski definition) is 5. The van der Waals surface area contributed by atoms with Crippen molar-refractivity contribution in [2.45, 2.75) is 19.4 Å². The van der Waals surface area contributed by atoms with E-state index in [1.54, 1.807) is 17.2 Å². The van der Waals surface area contributed by atoms with Crippen molar-refractivity contribution in [1.29, 1.82) is 0 Å². The molecule has 138 valence electrons. The van der Waals surface area contributed by atoms with Gasteiger partial charge in [0.2, 0.25) is 0 Å². The highest BCUT2D eigenvalue weighted by molar-refractivity contribution is 6.33. The first-order valence-electron chi connectivity index (χ1n) is 8.97. The van der Waals surface area contributed by atoms with Crippen molar-refractivity contribution in [2.75, 3.05) is 38.2 Å². The SMILES string of the molecule is O=C(c1cnc(NC[C@@H]2CCc3nccn3C2)c(Cl)c1)N1CCOCC1. The first-order valence-corrected chi connectivity index (χ1v) is 9.35. The van der Waals surface area contributed by atoms with Gasteiger partial charge in [-0.3, -0.25) is 4.79 Å². The van der Waals surface area contributed by atoms with E-state index in [0.29, 0.717) is 48.6 Å². The van der Waals surface area contributed by atoms with Crippen LogP contribution in [-0.4, -0.2) is 58.2 Å². The van der Waals surface area contributed by atoms with E-state index in [1.165, 1.54) is 0 Å². The van der Waals surface area contributed by atoms with Gasteiger partial charge < -0.3 is 19.5 Å². The van der Waals surface area contributed by atoms with Gasteiger partial charge in [0.25, 0.3) is 5.91 Å². The first kappa shape index (κ1) is 17.3.